The van der Waals surface area contributed by atoms with Crippen LogP contribution < -0.4 is 5.32 Å². The van der Waals surface area contributed by atoms with Crippen LogP contribution in [0.3, 0.4) is 0 Å². The van der Waals surface area contributed by atoms with Gasteiger partial charge in [-0.15, -0.1) is 0 Å². The van der Waals surface area contributed by atoms with Gasteiger partial charge in [0.2, 0.25) is 0 Å². The van der Waals surface area contributed by atoms with E-state index in [0.717, 1.165) is 0 Å². The van der Waals surface area contributed by atoms with Crippen LogP contribution in [0.1, 0.15) is 10.4 Å². The van der Waals surface area contributed by atoms with E-state index in [0.29, 0.717) is 10.6 Å². The van der Waals surface area contributed by atoms with Crippen molar-refractivity contribution < 1.29 is 18.5 Å². The molecule has 0 heterocycles. The first-order chi connectivity index (χ1) is 10.6. The molecule has 0 bridgehead atoms. The van der Waals surface area contributed by atoms with Crippen molar-refractivity contribution in [3.05, 3.63) is 60.2 Å². The highest BCUT2D eigenvalue weighted by Gasteiger charge is 2.16. The lowest BCUT2D eigenvalue weighted by Gasteiger charge is -2.08. The number of anilines is 1. The zero-order valence-corrected chi connectivity index (χ0v) is 12.8. The van der Waals surface area contributed by atoms with Crippen LogP contribution in [0.2, 0.25) is 0 Å². The van der Waals surface area contributed by atoms with E-state index in [4.69, 9.17) is 4.74 Å². The Bertz CT molecular complexity index is 700. The molecule has 1 amide bonds. The maximum Gasteiger partial charge on any atom is 0.339 e. The monoisotopic (exact) mass is 317 g/mol. The maximum atomic E-state index is 12.0. The summed E-state index contributed by atoms with van der Waals surface area (Å²) < 4.78 is 16.5. The van der Waals surface area contributed by atoms with Crippen molar-refractivity contribution in [2.24, 2.45) is 0 Å². The number of rotatable bonds is 5. The molecule has 0 unspecified atom stereocenters. The molecule has 2 aromatic carbocycles. The number of hydrogen-bond acceptors (Lipinski definition) is 4. The van der Waals surface area contributed by atoms with Gasteiger partial charge in [-0.05, 0) is 24.3 Å². The molecule has 114 valence electrons. The van der Waals surface area contributed by atoms with Gasteiger partial charge in [-0.25, -0.2) is 4.79 Å². The van der Waals surface area contributed by atoms with Crippen molar-refractivity contribution in [3.8, 4) is 0 Å². The van der Waals surface area contributed by atoms with Crippen LogP contribution in [0.4, 0.5) is 5.69 Å². The molecule has 0 fully saturated rings. The van der Waals surface area contributed by atoms with Crippen molar-refractivity contribution in [2.45, 2.75) is 4.90 Å². The summed E-state index contributed by atoms with van der Waals surface area (Å²) in [4.78, 5) is 24.1. The molecular weight excluding hydrogens is 302 g/mol. The average molecular weight is 317 g/mol. The SMILES string of the molecule is C[S@@](=O)c1ccccc1C(=O)OCC(=O)Nc1ccccc1. The molecule has 2 rings (SSSR count). The predicted octanol–water partition coefficient (Wildman–Crippen LogP) is 2.22. The summed E-state index contributed by atoms with van der Waals surface area (Å²) in [7, 11) is -1.31. The second-order valence-corrected chi connectivity index (χ2v) is 5.79. The summed E-state index contributed by atoms with van der Waals surface area (Å²) in [6.07, 6.45) is 1.48. The molecule has 1 atom stereocenters. The number of amides is 1. The molecule has 0 aliphatic carbocycles. The van der Waals surface area contributed by atoms with Gasteiger partial charge in [-0.1, -0.05) is 30.3 Å². The number of nitrogens with one attached hydrogen (secondary N) is 1. The van der Waals surface area contributed by atoms with Gasteiger partial charge >= 0.3 is 5.97 Å². The normalized spacial score (nSPS) is 11.5. The molecule has 6 heteroatoms. The lowest BCUT2D eigenvalue weighted by atomic mass is 10.2. The molecule has 0 aliphatic heterocycles. The molecule has 0 saturated heterocycles. The summed E-state index contributed by atoms with van der Waals surface area (Å²) in [6.45, 7) is -0.404. The average Bonchev–Trinajstić information content (AvgIpc) is 2.53. The fourth-order valence-electron chi connectivity index (χ4n) is 1.81. The minimum absolute atomic E-state index is 0.204. The Morgan fingerprint density at radius 1 is 1.05 bits per heavy atom. The first-order valence-electron chi connectivity index (χ1n) is 6.52. The Kier molecular flexibility index (Phi) is 5.43. The van der Waals surface area contributed by atoms with Gasteiger partial charge in [0.15, 0.2) is 6.61 Å². The topological polar surface area (TPSA) is 72.5 Å². The summed E-state index contributed by atoms with van der Waals surface area (Å²) >= 11 is 0. The summed E-state index contributed by atoms with van der Waals surface area (Å²) in [5, 5.41) is 2.61. The predicted molar refractivity (Wildman–Crippen MR) is 84.1 cm³/mol. The van der Waals surface area contributed by atoms with Crippen LogP contribution >= 0.6 is 0 Å². The van der Waals surface area contributed by atoms with Crippen LogP contribution in [0, 0.1) is 0 Å². The highest BCUT2D eigenvalue weighted by atomic mass is 32.2. The molecule has 5 nitrogen and oxygen atoms in total. The van der Waals surface area contributed by atoms with Gasteiger partial charge < -0.3 is 10.1 Å². The Hall–Kier alpha value is -2.47. The van der Waals surface area contributed by atoms with Crippen molar-refractivity contribution in [1.29, 1.82) is 0 Å². The number of para-hydroxylation sites is 1. The zero-order valence-electron chi connectivity index (χ0n) is 11.9. The van der Waals surface area contributed by atoms with E-state index < -0.39 is 29.3 Å². The molecule has 0 radical (unpaired) electrons. The number of hydrogen-bond donors (Lipinski definition) is 1. The van der Waals surface area contributed by atoms with E-state index in [1.54, 1.807) is 42.5 Å². The first-order valence-corrected chi connectivity index (χ1v) is 8.08. The Balaban J connectivity index is 1.96. The van der Waals surface area contributed by atoms with Gasteiger partial charge in [-0.2, -0.15) is 0 Å². The smallest absolute Gasteiger partial charge is 0.339 e. The van der Waals surface area contributed by atoms with Crippen molar-refractivity contribution >= 4 is 28.4 Å². The van der Waals surface area contributed by atoms with Gasteiger partial charge in [0.25, 0.3) is 5.91 Å². The van der Waals surface area contributed by atoms with Crippen molar-refractivity contribution in [3.63, 3.8) is 0 Å². The van der Waals surface area contributed by atoms with Gasteiger partial charge in [-0.3, -0.25) is 9.00 Å². The fraction of sp³-hybridized carbons (Fsp3) is 0.125. The molecule has 2 aromatic rings. The van der Waals surface area contributed by atoms with Crippen LogP contribution in [-0.4, -0.2) is 28.9 Å². The molecular formula is C16H15NO4S. The highest BCUT2D eigenvalue weighted by molar-refractivity contribution is 7.84. The lowest BCUT2D eigenvalue weighted by molar-refractivity contribution is -0.119. The number of carbonyl (C=O) groups excluding carboxylic acids is 2. The zero-order chi connectivity index (χ0) is 15.9. The summed E-state index contributed by atoms with van der Waals surface area (Å²) in [5.41, 5.74) is 0.828. The number of carbonyl (C=O) groups is 2. The summed E-state index contributed by atoms with van der Waals surface area (Å²) in [6, 6.07) is 15.3. The first kappa shape index (κ1) is 15.9. The third kappa shape index (κ3) is 4.26. The number of benzene rings is 2. The minimum Gasteiger partial charge on any atom is -0.452 e. The van der Waals surface area contributed by atoms with Crippen LogP contribution in [0.25, 0.3) is 0 Å². The Morgan fingerprint density at radius 2 is 1.68 bits per heavy atom. The van der Waals surface area contributed by atoms with Crippen LogP contribution in [-0.2, 0) is 20.3 Å². The van der Waals surface area contributed by atoms with E-state index >= 15 is 0 Å². The lowest BCUT2D eigenvalue weighted by Crippen LogP contribution is -2.21. The molecule has 1 N–H and O–H groups in total. The number of esters is 1. The van der Waals surface area contributed by atoms with Gasteiger partial charge in [0.1, 0.15) is 0 Å². The molecule has 0 saturated carbocycles. The van der Waals surface area contributed by atoms with E-state index in [9.17, 15) is 13.8 Å². The largest absolute Gasteiger partial charge is 0.452 e. The highest BCUT2D eigenvalue weighted by Crippen LogP contribution is 2.13. The van der Waals surface area contributed by atoms with E-state index in [2.05, 4.69) is 5.32 Å². The van der Waals surface area contributed by atoms with Crippen LogP contribution in [0.15, 0.2) is 59.5 Å². The van der Waals surface area contributed by atoms with Crippen LogP contribution in [0.5, 0.6) is 0 Å². The summed E-state index contributed by atoms with van der Waals surface area (Å²) in [5.74, 6) is -1.11. The van der Waals surface area contributed by atoms with E-state index in [-0.39, 0.29) is 5.56 Å². The van der Waals surface area contributed by atoms with Crippen molar-refractivity contribution in [1.82, 2.24) is 0 Å². The number of ether oxygens (including phenoxy) is 1. The third-order valence-corrected chi connectivity index (χ3v) is 3.78. The Labute approximate surface area is 130 Å². The second kappa shape index (κ2) is 7.51. The Morgan fingerprint density at radius 3 is 2.36 bits per heavy atom. The van der Waals surface area contributed by atoms with E-state index in [1.807, 2.05) is 6.07 Å². The molecule has 0 aliphatic rings. The maximum absolute atomic E-state index is 12.0. The quantitative estimate of drug-likeness (QED) is 0.858. The third-order valence-electron chi connectivity index (χ3n) is 2.81. The molecule has 0 aromatic heterocycles. The minimum atomic E-state index is -1.31. The molecule has 0 spiro atoms. The van der Waals surface area contributed by atoms with Crippen molar-refractivity contribution in [2.75, 3.05) is 18.2 Å². The molecule has 22 heavy (non-hydrogen) atoms. The second-order valence-electron chi connectivity index (χ2n) is 4.44. The fourth-order valence-corrected chi connectivity index (χ4v) is 2.54. The van der Waals surface area contributed by atoms with Gasteiger partial charge in [0, 0.05) is 11.9 Å². The standard InChI is InChI=1S/C16H15NO4S/c1-22(20)14-10-6-5-9-13(14)16(19)21-11-15(18)17-12-7-3-2-4-8-12/h2-10H,11H2,1H3,(H,17,18)/t22-/m1/s1. The van der Waals surface area contributed by atoms with E-state index in [1.165, 1.54) is 12.3 Å². The van der Waals surface area contributed by atoms with Gasteiger partial charge in [0.05, 0.1) is 21.3 Å².